The Kier molecular flexibility index (Phi) is 10.4. The smallest absolute Gasteiger partial charge is 0.303 e. The quantitative estimate of drug-likeness (QED) is 0.290. The molecule has 0 radical (unpaired) electrons. The van der Waals surface area contributed by atoms with Crippen LogP contribution in [0.5, 0.6) is 0 Å². The van der Waals surface area contributed by atoms with Gasteiger partial charge in [0, 0.05) is 64.7 Å². The van der Waals surface area contributed by atoms with Crippen molar-refractivity contribution in [3.63, 3.8) is 0 Å². The summed E-state index contributed by atoms with van der Waals surface area (Å²) in [5.74, 6) is -0.931. The summed E-state index contributed by atoms with van der Waals surface area (Å²) in [5.41, 5.74) is 0. The summed E-state index contributed by atoms with van der Waals surface area (Å²) in [6.45, 7) is 7.74. The maximum atomic E-state index is 12.3. The number of carbonyl (C=O) groups excluding carboxylic acids is 2. The molecule has 0 aromatic carbocycles. The maximum Gasteiger partial charge on any atom is 0.303 e. The Labute approximate surface area is 173 Å². The van der Waals surface area contributed by atoms with Gasteiger partial charge < -0.3 is 20.6 Å². The average molecular weight is 421 g/mol. The van der Waals surface area contributed by atoms with Gasteiger partial charge in [-0.25, -0.2) is 0 Å². The molecule has 9 nitrogen and oxygen atoms in total. The fraction of sp³-hybridized carbons (Fsp3) is 0.850. The number of aliphatic carboxylic acids is 1. The first-order chi connectivity index (χ1) is 13.9. The van der Waals surface area contributed by atoms with E-state index in [4.69, 9.17) is 5.11 Å². The molecule has 166 valence electrons. The minimum atomic E-state index is -0.856. The first-order valence-electron chi connectivity index (χ1n) is 10.8. The summed E-state index contributed by atoms with van der Waals surface area (Å²) in [6, 6.07) is 0.459. The van der Waals surface area contributed by atoms with Crippen LogP contribution >= 0.6 is 0 Å². The Balaban J connectivity index is 1.55. The SMILES string of the molecule is CN1[13CH2][13CH2]N([13CH2][13CH]2[13CH2][13CH2][13CH2]N2CC(=O)N[13CH2]CCC(=O)NCCCC(=O)O)[13CH2][13CH2]1. The highest BCUT2D eigenvalue weighted by molar-refractivity contribution is 5.78. The Bertz CT molecular complexity index is 537. The minimum absolute atomic E-state index is 0.0251. The van der Waals surface area contributed by atoms with Gasteiger partial charge in [0.25, 0.3) is 0 Å². The van der Waals surface area contributed by atoms with E-state index >= 15 is 0 Å². The zero-order valence-electron chi connectivity index (χ0n) is 17.7. The van der Waals surface area contributed by atoms with E-state index < -0.39 is 5.97 Å². The Morgan fingerprint density at radius 1 is 0.931 bits per heavy atom. The molecule has 2 saturated heterocycles. The standard InChI is InChI=1S/C20H37N5O4/c1-23-11-13-24(14-12-23)15-17-5-4-10-25(17)16-19(27)22-8-2-6-18(26)21-9-3-7-20(28)29/h17H,2-16H2,1H3,(H,21,26)(H,22,27)(H,28,29)/i4+1,5+1,8+1,10+1,11+1,12+1,13+1,14+1,15+1,17+1. The van der Waals surface area contributed by atoms with Gasteiger partial charge in [0.1, 0.15) is 0 Å². The fourth-order valence-corrected chi connectivity index (χ4v) is 3.91. The van der Waals surface area contributed by atoms with Gasteiger partial charge in [-0.05, 0) is 39.3 Å². The van der Waals surface area contributed by atoms with Crippen LogP contribution in [0.3, 0.4) is 0 Å². The molecule has 2 amide bonds. The lowest BCUT2D eigenvalue weighted by molar-refractivity contribution is -0.137. The summed E-state index contributed by atoms with van der Waals surface area (Å²) in [7, 11) is 2.16. The molecule has 0 aliphatic carbocycles. The number of amides is 2. The molecule has 0 aromatic heterocycles. The molecule has 0 spiro atoms. The second-order valence-corrected chi connectivity index (χ2v) is 8.17. The van der Waals surface area contributed by atoms with Crippen LogP contribution in [0.15, 0.2) is 0 Å². The highest BCUT2D eigenvalue weighted by atomic mass is 16.4. The van der Waals surface area contributed by atoms with Gasteiger partial charge in [-0.2, -0.15) is 0 Å². The highest BCUT2D eigenvalue weighted by Gasteiger charge is 2.28. The van der Waals surface area contributed by atoms with Crippen molar-refractivity contribution in [2.24, 2.45) is 0 Å². The molecule has 0 saturated carbocycles. The molecular formula is C20H37N5O4. The summed E-state index contributed by atoms with van der Waals surface area (Å²) >= 11 is 0. The minimum Gasteiger partial charge on any atom is -0.481 e. The lowest BCUT2D eigenvalue weighted by Gasteiger charge is -2.36. The van der Waals surface area contributed by atoms with Gasteiger partial charge in [-0.1, -0.05) is 0 Å². The molecule has 0 bridgehead atoms. The molecule has 2 fully saturated rings. The number of nitrogens with zero attached hydrogens (tertiary/aromatic N) is 3. The number of hydrogen-bond donors (Lipinski definition) is 3. The van der Waals surface area contributed by atoms with Crippen LogP contribution in [0.25, 0.3) is 0 Å². The van der Waals surface area contributed by atoms with Crippen LogP contribution in [-0.4, -0.2) is 110 Å². The molecule has 0 aromatic rings. The van der Waals surface area contributed by atoms with E-state index in [0.29, 0.717) is 44.9 Å². The van der Waals surface area contributed by atoms with E-state index in [1.165, 1.54) is 0 Å². The van der Waals surface area contributed by atoms with Crippen LogP contribution in [0, 0.1) is 0 Å². The molecule has 1 unspecified atom stereocenters. The van der Waals surface area contributed by atoms with E-state index in [-0.39, 0.29) is 18.2 Å². The van der Waals surface area contributed by atoms with Crippen LogP contribution in [0.2, 0.25) is 0 Å². The van der Waals surface area contributed by atoms with Crippen LogP contribution in [-0.2, 0) is 14.4 Å². The Hall–Kier alpha value is -1.71. The second-order valence-electron chi connectivity index (χ2n) is 8.17. The molecule has 9 heteroatoms. The normalized spacial score (nSPS) is 21.2. The van der Waals surface area contributed by atoms with Crippen molar-refractivity contribution >= 4 is 17.8 Å². The lowest BCUT2D eigenvalue weighted by atomic mass is 10.3. The second kappa shape index (κ2) is 12.8. The van der Waals surface area contributed by atoms with Gasteiger partial charge in [-0.15, -0.1) is 0 Å². The number of nitrogens with one attached hydrogen (secondary N) is 2. The predicted octanol–water partition coefficient (Wildman–Crippen LogP) is -0.424. The average Bonchev–Trinajstić information content (AvgIpc) is 3.10. The topological polar surface area (TPSA) is 105 Å². The van der Waals surface area contributed by atoms with E-state index in [1.807, 2.05) is 0 Å². The molecule has 1 atom stereocenters. The Morgan fingerprint density at radius 3 is 2.28 bits per heavy atom. The number of likely N-dealkylation sites (N-methyl/N-ethyl adjacent to an activating group) is 1. The van der Waals surface area contributed by atoms with Gasteiger partial charge in [-0.3, -0.25) is 24.2 Å². The first kappa shape index (κ1) is 23.6. The van der Waals surface area contributed by atoms with Crippen molar-refractivity contribution in [1.29, 1.82) is 0 Å². The van der Waals surface area contributed by atoms with E-state index in [2.05, 4.69) is 32.4 Å². The number of carboxylic acid groups (broad SMARTS) is 1. The number of piperazine rings is 1. The third-order valence-electron chi connectivity index (χ3n) is 5.70. The molecule has 3 N–H and O–H groups in total. The largest absolute Gasteiger partial charge is 0.481 e. The maximum absolute atomic E-state index is 12.3. The highest BCUT2D eigenvalue weighted by Crippen LogP contribution is 2.18. The molecular weight excluding hydrogens is 384 g/mol. The Morgan fingerprint density at radius 2 is 1.59 bits per heavy atom. The van der Waals surface area contributed by atoms with Crippen molar-refractivity contribution in [3.8, 4) is 0 Å². The number of likely N-dealkylation sites (tertiary alicyclic amines) is 1. The summed E-state index contributed by atoms with van der Waals surface area (Å²) in [5, 5.41) is 14.2. The lowest BCUT2D eigenvalue weighted by Crippen LogP contribution is -2.50. The summed E-state index contributed by atoms with van der Waals surface area (Å²) < 4.78 is 0. The van der Waals surface area contributed by atoms with Gasteiger partial charge in [0.2, 0.25) is 11.8 Å². The predicted molar refractivity (Wildman–Crippen MR) is 111 cm³/mol. The van der Waals surface area contributed by atoms with Crippen molar-refractivity contribution < 1.29 is 19.5 Å². The number of carboxylic acids is 1. The summed E-state index contributed by atoms with van der Waals surface area (Å²) in [6.07, 6.45) is 3.71. The monoisotopic (exact) mass is 421 g/mol. The van der Waals surface area contributed by atoms with E-state index in [1.54, 1.807) is 0 Å². The van der Waals surface area contributed by atoms with Crippen molar-refractivity contribution in [2.45, 2.75) is 44.6 Å². The van der Waals surface area contributed by atoms with Crippen LogP contribution in [0.1, 0.15) is 38.5 Å². The van der Waals surface area contributed by atoms with Crippen molar-refractivity contribution in [2.75, 3.05) is 66.0 Å². The van der Waals surface area contributed by atoms with Gasteiger partial charge in [0.05, 0.1) is 6.54 Å². The molecule has 2 aliphatic rings. The zero-order valence-corrected chi connectivity index (χ0v) is 17.7. The van der Waals surface area contributed by atoms with E-state index in [9.17, 15) is 14.4 Å². The molecule has 29 heavy (non-hydrogen) atoms. The van der Waals surface area contributed by atoms with Crippen molar-refractivity contribution in [1.82, 2.24) is 25.3 Å². The van der Waals surface area contributed by atoms with E-state index in [0.717, 1.165) is 52.1 Å². The third kappa shape index (κ3) is 9.56. The first-order valence-corrected chi connectivity index (χ1v) is 10.8. The van der Waals surface area contributed by atoms with Crippen LogP contribution in [0.4, 0.5) is 0 Å². The number of carbonyl (C=O) groups is 3. The van der Waals surface area contributed by atoms with Gasteiger partial charge >= 0.3 is 5.97 Å². The fourth-order valence-electron chi connectivity index (χ4n) is 3.91. The zero-order chi connectivity index (χ0) is 21.1. The molecule has 2 heterocycles. The number of hydrogen-bond acceptors (Lipinski definition) is 6. The third-order valence-corrected chi connectivity index (χ3v) is 5.70. The summed E-state index contributed by atoms with van der Waals surface area (Å²) in [4.78, 5) is 41.5. The van der Waals surface area contributed by atoms with Crippen molar-refractivity contribution in [3.05, 3.63) is 0 Å². The molecule has 2 aliphatic heterocycles. The van der Waals surface area contributed by atoms with Gasteiger partial charge in [0.15, 0.2) is 0 Å². The molecule has 2 rings (SSSR count). The number of rotatable bonds is 12. The van der Waals surface area contributed by atoms with Crippen LogP contribution < -0.4 is 10.6 Å².